The Morgan fingerprint density at radius 2 is 0.821 bits per heavy atom. The molecule has 2 heterocycles. The maximum atomic E-state index is 2.47. The number of nitrogens with zero attached hydrogens (tertiary/aromatic N) is 1. The Morgan fingerprint density at radius 1 is 0.321 bits per heavy atom. The van der Waals surface area contributed by atoms with Crippen LogP contribution in [0.5, 0.6) is 0 Å². The van der Waals surface area contributed by atoms with Gasteiger partial charge in [-0.15, -0.1) is 0 Å². The fourth-order valence-corrected chi connectivity index (χ4v) is 18.1. The fourth-order valence-electron chi connectivity index (χ4n) is 8.89. The summed E-state index contributed by atoms with van der Waals surface area (Å²) in [6.07, 6.45) is 0. The summed E-state index contributed by atoms with van der Waals surface area (Å²) in [5, 5.41) is 8.42. The van der Waals surface area contributed by atoms with Gasteiger partial charge in [-0.3, -0.25) is 0 Å². The maximum absolute atomic E-state index is 2.60. The third kappa shape index (κ3) is 5.32. The summed E-state index contributed by atoms with van der Waals surface area (Å²) in [5.41, 5.74) is 8.26. The number of benzene rings is 9. The molecule has 0 saturated carbocycles. The Morgan fingerprint density at radius 3 is 1.54 bits per heavy atom. The van der Waals surface area contributed by atoms with Crippen LogP contribution in [0, 0.1) is 0 Å². The highest BCUT2D eigenvalue weighted by Gasteiger charge is 2.51. The average Bonchev–Trinajstić information content (AvgIpc) is 3.27. The highest BCUT2D eigenvalue weighted by molar-refractivity contribution is 8.01. The lowest BCUT2D eigenvalue weighted by atomic mass is 10.0. The van der Waals surface area contributed by atoms with E-state index in [1.54, 1.807) is 0 Å². The smallest absolute Gasteiger partial charge is 0.184 e. The minimum absolute atomic E-state index is 1.12. The standard InChI is InChI=1S/C52H35NS2Si/c1-2-14-36(15-3-1)37-28-31-41(32-29-37)53(44-21-13-17-38-16-4-5-20-43(38)44)42-19-12-18-39(34-42)40-30-33-52-48(35-40)55-47-24-8-11-27-51(47)56(52)49-25-9-6-22-45(49)54-46-23-7-10-26-50(46)56/h1-35H. The van der Waals surface area contributed by atoms with Crippen LogP contribution in [-0.2, 0) is 0 Å². The molecule has 0 fully saturated rings. The van der Waals surface area contributed by atoms with Crippen LogP contribution in [0.2, 0.25) is 0 Å². The number of anilines is 3. The molecule has 2 aliphatic heterocycles. The minimum Gasteiger partial charge on any atom is -0.310 e. The molecular formula is C52H35NS2Si. The van der Waals surface area contributed by atoms with Crippen LogP contribution in [0.25, 0.3) is 33.0 Å². The topological polar surface area (TPSA) is 3.24 Å². The third-order valence-electron chi connectivity index (χ3n) is 11.4. The zero-order valence-corrected chi connectivity index (χ0v) is 33.1. The molecule has 56 heavy (non-hydrogen) atoms. The Balaban J connectivity index is 1.07. The van der Waals surface area contributed by atoms with Gasteiger partial charge in [-0.05, 0) is 103 Å². The molecule has 0 saturated heterocycles. The summed E-state index contributed by atoms with van der Waals surface area (Å²) in [4.78, 5) is 7.91. The predicted molar refractivity (Wildman–Crippen MR) is 241 cm³/mol. The lowest BCUT2D eigenvalue weighted by molar-refractivity contribution is 1.30. The largest absolute Gasteiger partial charge is 0.310 e. The lowest BCUT2D eigenvalue weighted by Gasteiger charge is -2.43. The maximum Gasteiger partial charge on any atom is 0.184 e. The molecule has 1 spiro atoms. The van der Waals surface area contributed by atoms with Crippen LogP contribution in [0.15, 0.2) is 232 Å². The average molecular weight is 766 g/mol. The molecule has 0 amide bonds. The van der Waals surface area contributed by atoms with E-state index in [0.717, 1.165) is 17.1 Å². The van der Waals surface area contributed by atoms with Crippen molar-refractivity contribution in [3.63, 3.8) is 0 Å². The van der Waals surface area contributed by atoms with Gasteiger partial charge in [-0.2, -0.15) is 0 Å². The van der Waals surface area contributed by atoms with Crippen molar-refractivity contribution in [3.8, 4) is 22.3 Å². The summed E-state index contributed by atoms with van der Waals surface area (Å²) >= 11 is 3.85. The SMILES string of the molecule is c1ccc(-c2ccc(N(c3cccc(-c4ccc5c(c4)Sc4ccccc4[Si]54c5ccccc5Sc5ccccc54)c3)c3cccc4ccccc34)cc2)cc1. The first-order chi connectivity index (χ1) is 27.8. The number of hydrogen-bond donors (Lipinski definition) is 0. The van der Waals surface area contributed by atoms with Crippen LogP contribution in [0.4, 0.5) is 17.1 Å². The molecule has 9 aromatic carbocycles. The first-order valence-corrected chi connectivity index (χ1v) is 22.7. The van der Waals surface area contributed by atoms with Gasteiger partial charge in [0.25, 0.3) is 0 Å². The zero-order chi connectivity index (χ0) is 37.1. The minimum atomic E-state index is -2.60. The molecule has 0 bridgehead atoms. The van der Waals surface area contributed by atoms with Crippen molar-refractivity contribution in [2.75, 3.05) is 4.90 Å². The number of hydrogen-bond acceptors (Lipinski definition) is 3. The monoisotopic (exact) mass is 765 g/mol. The Bertz CT molecular complexity index is 2870. The van der Waals surface area contributed by atoms with Crippen molar-refractivity contribution in [3.05, 3.63) is 212 Å². The fraction of sp³-hybridized carbons (Fsp3) is 0. The zero-order valence-electron chi connectivity index (χ0n) is 30.5. The molecule has 0 radical (unpaired) electrons. The first-order valence-electron chi connectivity index (χ1n) is 19.1. The van der Waals surface area contributed by atoms with Gasteiger partial charge in [0.15, 0.2) is 8.07 Å². The van der Waals surface area contributed by atoms with Gasteiger partial charge in [0, 0.05) is 36.3 Å². The van der Waals surface area contributed by atoms with E-state index in [1.165, 1.54) is 73.4 Å². The summed E-state index contributed by atoms with van der Waals surface area (Å²) < 4.78 is 0. The van der Waals surface area contributed by atoms with E-state index in [9.17, 15) is 0 Å². The second kappa shape index (κ2) is 13.6. The van der Waals surface area contributed by atoms with E-state index in [2.05, 4.69) is 217 Å². The van der Waals surface area contributed by atoms with Gasteiger partial charge in [-0.25, -0.2) is 0 Å². The van der Waals surface area contributed by atoms with Gasteiger partial charge >= 0.3 is 0 Å². The molecule has 2 aliphatic rings. The van der Waals surface area contributed by atoms with E-state index in [0.29, 0.717) is 0 Å². The van der Waals surface area contributed by atoms with Crippen molar-refractivity contribution >= 4 is 80.2 Å². The summed E-state index contributed by atoms with van der Waals surface area (Å²) in [5.74, 6) is 0. The van der Waals surface area contributed by atoms with Gasteiger partial charge in [0.2, 0.25) is 0 Å². The molecule has 0 atom stereocenters. The van der Waals surface area contributed by atoms with Crippen LogP contribution in [0.1, 0.15) is 0 Å². The number of fused-ring (bicyclic) bond motifs is 9. The predicted octanol–water partition coefficient (Wildman–Crippen LogP) is 12.0. The van der Waals surface area contributed by atoms with Crippen LogP contribution >= 0.6 is 23.5 Å². The lowest BCUT2D eigenvalue weighted by Crippen LogP contribution is -2.78. The van der Waals surface area contributed by atoms with Crippen LogP contribution < -0.4 is 25.6 Å². The van der Waals surface area contributed by atoms with E-state index in [1.807, 2.05) is 23.5 Å². The second-order valence-corrected chi connectivity index (χ2v) is 20.3. The first kappa shape index (κ1) is 33.3. The van der Waals surface area contributed by atoms with E-state index in [4.69, 9.17) is 0 Å². The molecule has 4 heteroatoms. The molecule has 9 aromatic rings. The van der Waals surface area contributed by atoms with Crippen LogP contribution in [-0.4, -0.2) is 8.07 Å². The van der Waals surface area contributed by atoms with Crippen molar-refractivity contribution < 1.29 is 0 Å². The van der Waals surface area contributed by atoms with Crippen LogP contribution in [0.3, 0.4) is 0 Å². The highest BCUT2D eigenvalue weighted by atomic mass is 32.2. The number of rotatable bonds is 5. The van der Waals surface area contributed by atoms with Gasteiger partial charge in [0.05, 0.1) is 5.69 Å². The van der Waals surface area contributed by atoms with Crippen molar-refractivity contribution in [1.29, 1.82) is 0 Å². The highest BCUT2D eigenvalue weighted by Crippen LogP contribution is 2.43. The van der Waals surface area contributed by atoms with E-state index >= 15 is 0 Å². The van der Waals surface area contributed by atoms with Gasteiger partial charge < -0.3 is 4.90 Å². The molecular weight excluding hydrogens is 731 g/mol. The Hall–Kier alpha value is -6.04. The van der Waals surface area contributed by atoms with E-state index in [-0.39, 0.29) is 0 Å². The summed E-state index contributed by atoms with van der Waals surface area (Å²) in [6.45, 7) is 0. The molecule has 0 N–H and O–H groups in total. The Labute approximate surface area is 337 Å². The third-order valence-corrected chi connectivity index (χ3v) is 19.4. The quantitative estimate of drug-likeness (QED) is 0.161. The van der Waals surface area contributed by atoms with Crippen molar-refractivity contribution in [2.24, 2.45) is 0 Å². The summed E-state index contributed by atoms with van der Waals surface area (Å²) in [6, 6.07) is 78.9. The van der Waals surface area contributed by atoms with Gasteiger partial charge in [-0.1, -0.05) is 181 Å². The second-order valence-electron chi connectivity index (χ2n) is 14.5. The summed E-state index contributed by atoms with van der Waals surface area (Å²) in [7, 11) is -2.60. The van der Waals surface area contributed by atoms with Crippen molar-refractivity contribution in [2.45, 2.75) is 19.6 Å². The van der Waals surface area contributed by atoms with Gasteiger partial charge in [0.1, 0.15) is 0 Å². The molecule has 0 aromatic heterocycles. The Kier molecular flexibility index (Phi) is 8.09. The van der Waals surface area contributed by atoms with Crippen molar-refractivity contribution in [1.82, 2.24) is 0 Å². The molecule has 0 unspecified atom stereocenters. The molecule has 11 rings (SSSR count). The van der Waals surface area contributed by atoms with E-state index < -0.39 is 8.07 Å². The molecule has 1 nitrogen and oxygen atoms in total. The normalized spacial score (nSPS) is 13.4. The molecule has 264 valence electrons. The molecule has 0 aliphatic carbocycles.